The van der Waals surface area contributed by atoms with Gasteiger partial charge in [0.2, 0.25) is 0 Å². The van der Waals surface area contributed by atoms with Crippen molar-refractivity contribution < 1.29 is 9.53 Å². The lowest BCUT2D eigenvalue weighted by Gasteiger charge is -2.09. The first kappa shape index (κ1) is 12.9. The Hall–Kier alpha value is -2.13. The van der Waals surface area contributed by atoms with Gasteiger partial charge >= 0.3 is 0 Å². The summed E-state index contributed by atoms with van der Waals surface area (Å²) in [5.74, 6) is 1.49. The Labute approximate surface area is 125 Å². The first-order valence-corrected chi connectivity index (χ1v) is 6.97. The van der Waals surface area contributed by atoms with Crippen molar-refractivity contribution in [2.45, 2.75) is 0 Å². The third kappa shape index (κ3) is 2.45. The highest BCUT2D eigenvalue weighted by Gasteiger charge is 2.05. The van der Waals surface area contributed by atoms with Crippen LogP contribution in [-0.2, 0) is 0 Å². The molecule has 0 saturated heterocycles. The second-order valence-electron chi connectivity index (χ2n) is 4.38. The summed E-state index contributed by atoms with van der Waals surface area (Å²) in [7, 11) is 0. The Morgan fingerprint density at radius 2 is 1.75 bits per heavy atom. The van der Waals surface area contributed by atoms with Crippen LogP contribution in [0.1, 0.15) is 10.4 Å². The van der Waals surface area contributed by atoms with Gasteiger partial charge in [-0.25, -0.2) is 0 Å². The van der Waals surface area contributed by atoms with Gasteiger partial charge in [0.1, 0.15) is 11.5 Å². The van der Waals surface area contributed by atoms with Crippen LogP contribution in [0, 0.1) is 0 Å². The van der Waals surface area contributed by atoms with E-state index in [1.807, 2.05) is 42.5 Å². The number of carbonyl (C=O) groups is 1. The van der Waals surface area contributed by atoms with E-state index in [0.29, 0.717) is 11.3 Å². The monoisotopic (exact) mass is 326 g/mol. The van der Waals surface area contributed by atoms with Crippen LogP contribution in [0.2, 0.25) is 0 Å². The number of benzene rings is 3. The van der Waals surface area contributed by atoms with Crippen LogP contribution < -0.4 is 4.74 Å². The quantitative estimate of drug-likeness (QED) is 0.618. The van der Waals surface area contributed by atoms with Gasteiger partial charge < -0.3 is 4.74 Å². The molecule has 0 radical (unpaired) electrons. The second kappa shape index (κ2) is 5.47. The zero-order valence-corrected chi connectivity index (χ0v) is 12.1. The maximum atomic E-state index is 10.8. The topological polar surface area (TPSA) is 26.3 Å². The largest absolute Gasteiger partial charge is 0.457 e. The maximum Gasteiger partial charge on any atom is 0.151 e. The van der Waals surface area contributed by atoms with E-state index in [2.05, 4.69) is 15.9 Å². The fourth-order valence-corrected chi connectivity index (χ4v) is 2.53. The number of halogens is 1. The lowest BCUT2D eigenvalue weighted by atomic mass is 10.1. The van der Waals surface area contributed by atoms with E-state index in [1.165, 1.54) is 0 Å². The zero-order chi connectivity index (χ0) is 13.9. The molecular weight excluding hydrogens is 316 g/mol. The van der Waals surface area contributed by atoms with Crippen molar-refractivity contribution in [1.82, 2.24) is 0 Å². The molecule has 0 aliphatic heterocycles. The predicted octanol–water partition coefficient (Wildman–Crippen LogP) is 5.21. The van der Waals surface area contributed by atoms with E-state index in [1.54, 1.807) is 18.2 Å². The summed E-state index contributed by atoms with van der Waals surface area (Å²) in [6.07, 6.45) is 0.811. The molecule has 0 fully saturated rings. The number of carbonyl (C=O) groups excluding carboxylic acids is 1. The van der Waals surface area contributed by atoms with Crippen LogP contribution in [0.4, 0.5) is 0 Å². The molecule has 0 aliphatic rings. The van der Waals surface area contributed by atoms with Crippen molar-refractivity contribution in [3.8, 4) is 11.5 Å². The van der Waals surface area contributed by atoms with Crippen LogP contribution in [-0.4, -0.2) is 6.29 Å². The molecule has 0 bridgehead atoms. The van der Waals surface area contributed by atoms with Gasteiger partial charge in [-0.2, -0.15) is 0 Å². The molecule has 0 aliphatic carbocycles. The van der Waals surface area contributed by atoms with Gasteiger partial charge in [-0.05, 0) is 45.6 Å². The van der Waals surface area contributed by atoms with Crippen molar-refractivity contribution in [3.63, 3.8) is 0 Å². The summed E-state index contributed by atoms with van der Waals surface area (Å²) >= 11 is 3.36. The van der Waals surface area contributed by atoms with Gasteiger partial charge in [0.25, 0.3) is 0 Å². The molecule has 0 atom stereocenters. The summed E-state index contributed by atoms with van der Waals surface area (Å²) in [5.41, 5.74) is 0.607. The van der Waals surface area contributed by atoms with E-state index in [-0.39, 0.29) is 0 Å². The molecule has 3 rings (SSSR count). The molecule has 2 nitrogen and oxygen atoms in total. The van der Waals surface area contributed by atoms with Crippen LogP contribution in [0.5, 0.6) is 11.5 Å². The van der Waals surface area contributed by atoms with Gasteiger partial charge in [-0.3, -0.25) is 4.79 Å². The molecule has 0 aromatic heterocycles. The summed E-state index contributed by atoms with van der Waals surface area (Å²) in [6, 6.07) is 19.3. The van der Waals surface area contributed by atoms with E-state index in [4.69, 9.17) is 4.74 Å². The first-order chi connectivity index (χ1) is 9.78. The lowest BCUT2D eigenvalue weighted by Crippen LogP contribution is -1.88. The average Bonchev–Trinajstić information content (AvgIpc) is 2.48. The smallest absolute Gasteiger partial charge is 0.151 e. The summed E-state index contributed by atoms with van der Waals surface area (Å²) < 4.78 is 6.65. The normalized spacial score (nSPS) is 10.4. The fourth-order valence-electron chi connectivity index (χ4n) is 2.08. The molecule has 0 heterocycles. The second-order valence-corrected chi connectivity index (χ2v) is 5.23. The summed E-state index contributed by atoms with van der Waals surface area (Å²) in [5, 5.41) is 2.19. The number of aldehydes is 1. The zero-order valence-electron chi connectivity index (χ0n) is 10.5. The Morgan fingerprint density at radius 3 is 2.55 bits per heavy atom. The van der Waals surface area contributed by atoms with E-state index < -0.39 is 0 Å². The number of rotatable bonds is 3. The predicted molar refractivity (Wildman–Crippen MR) is 83.6 cm³/mol. The van der Waals surface area contributed by atoms with Crippen LogP contribution in [0.15, 0.2) is 65.1 Å². The highest BCUT2D eigenvalue weighted by atomic mass is 79.9. The average molecular weight is 327 g/mol. The SMILES string of the molecule is O=Cc1ccc(Oc2cccc3ccccc23)cc1Br. The molecule has 3 aromatic carbocycles. The minimum Gasteiger partial charge on any atom is -0.457 e. The third-order valence-corrected chi connectivity index (χ3v) is 3.76. The van der Waals surface area contributed by atoms with Gasteiger partial charge in [0.05, 0.1) is 0 Å². The molecule has 98 valence electrons. The van der Waals surface area contributed by atoms with Crippen LogP contribution in [0.25, 0.3) is 10.8 Å². The Bertz CT molecular complexity index is 776. The standard InChI is InChI=1S/C17H11BrO2/c18-16-10-14(9-8-13(16)11-19)20-17-7-3-5-12-4-1-2-6-15(12)17/h1-11H. The van der Waals surface area contributed by atoms with Gasteiger partial charge in [0.15, 0.2) is 6.29 Å². The Kier molecular flexibility index (Phi) is 3.52. The van der Waals surface area contributed by atoms with E-state index in [9.17, 15) is 4.79 Å². The molecule has 3 heteroatoms. The van der Waals surface area contributed by atoms with Gasteiger partial charge in [-0.15, -0.1) is 0 Å². The molecule has 20 heavy (non-hydrogen) atoms. The molecular formula is C17H11BrO2. The van der Waals surface area contributed by atoms with Crippen molar-refractivity contribution >= 4 is 33.0 Å². The van der Waals surface area contributed by atoms with E-state index in [0.717, 1.165) is 27.3 Å². The Morgan fingerprint density at radius 1 is 0.950 bits per heavy atom. The molecule has 0 saturated carbocycles. The van der Waals surface area contributed by atoms with Crippen molar-refractivity contribution in [2.75, 3.05) is 0 Å². The van der Waals surface area contributed by atoms with Gasteiger partial charge in [-0.1, -0.05) is 36.4 Å². The number of ether oxygens (including phenoxy) is 1. The molecule has 0 spiro atoms. The highest BCUT2D eigenvalue weighted by Crippen LogP contribution is 2.31. The molecule has 0 unspecified atom stereocenters. The fraction of sp³-hybridized carbons (Fsp3) is 0. The minimum atomic E-state index is 0.607. The van der Waals surface area contributed by atoms with Crippen molar-refractivity contribution in [3.05, 3.63) is 70.7 Å². The number of fused-ring (bicyclic) bond motifs is 1. The minimum absolute atomic E-state index is 0.607. The number of hydrogen-bond donors (Lipinski definition) is 0. The van der Waals surface area contributed by atoms with Crippen LogP contribution >= 0.6 is 15.9 Å². The number of hydrogen-bond acceptors (Lipinski definition) is 2. The molecule has 0 N–H and O–H groups in total. The first-order valence-electron chi connectivity index (χ1n) is 6.18. The van der Waals surface area contributed by atoms with Crippen LogP contribution in [0.3, 0.4) is 0 Å². The van der Waals surface area contributed by atoms with Crippen molar-refractivity contribution in [1.29, 1.82) is 0 Å². The molecule has 0 amide bonds. The Balaban J connectivity index is 2.01. The van der Waals surface area contributed by atoms with E-state index >= 15 is 0 Å². The summed E-state index contributed by atoms with van der Waals surface area (Å²) in [6.45, 7) is 0. The maximum absolute atomic E-state index is 10.8. The third-order valence-electron chi connectivity index (χ3n) is 3.08. The lowest BCUT2D eigenvalue weighted by molar-refractivity contribution is 0.112. The molecule has 3 aromatic rings. The van der Waals surface area contributed by atoms with Crippen molar-refractivity contribution in [2.24, 2.45) is 0 Å². The van der Waals surface area contributed by atoms with Gasteiger partial charge in [0, 0.05) is 15.4 Å². The highest BCUT2D eigenvalue weighted by molar-refractivity contribution is 9.10. The summed E-state index contributed by atoms with van der Waals surface area (Å²) in [4.78, 5) is 10.8.